The van der Waals surface area contributed by atoms with Crippen LogP contribution in [0.4, 0.5) is 0 Å². The number of ether oxygens (including phenoxy) is 2. The molecule has 0 aliphatic heterocycles. The normalized spacial score (nSPS) is 10.7. The monoisotopic (exact) mass is 319 g/mol. The number of nitrogens with one attached hydrogen (secondary N) is 2. The molecule has 23 heavy (non-hydrogen) atoms. The van der Waals surface area contributed by atoms with Gasteiger partial charge in [-0.05, 0) is 31.9 Å². The lowest BCUT2D eigenvalue weighted by atomic mass is 10.2. The van der Waals surface area contributed by atoms with Gasteiger partial charge in [0.1, 0.15) is 11.5 Å². The van der Waals surface area contributed by atoms with Gasteiger partial charge >= 0.3 is 0 Å². The fourth-order valence-electron chi connectivity index (χ4n) is 2.52. The number of hydrogen-bond acceptors (Lipinski definition) is 4. The van der Waals surface area contributed by atoms with Gasteiger partial charge in [-0.1, -0.05) is 0 Å². The van der Waals surface area contributed by atoms with E-state index in [9.17, 15) is 4.79 Å². The van der Waals surface area contributed by atoms with Crippen LogP contribution in [0.15, 0.2) is 18.2 Å². The molecule has 2 aromatic rings. The second-order valence-corrected chi connectivity index (χ2v) is 5.43. The summed E-state index contributed by atoms with van der Waals surface area (Å²) >= 11 is 0. The van der Waals surface area contributed by atoms with Crippen LogP contribution in [0.25, 0.3) is 10.9 Å². The Labute approximate surface area is 136 Å². The molecule has 0 unspecified atom stereocenters. The Balaban J connectivity index is 1.92. The molecule has 0 fully saturated rings. The summed E-state index contributed by atoms with van der Waals surface area (Å²) in [5, 5.41) is 3.95. The molecule has 0 spiro atoms. The van der Waals surface area contributed by atoms with Crippen LogP contribution in [0.1, 0.15) is 25.0 Å². The van der Waals surface area contributed by atoms with Gasteiger partial charge in [-0.2, -0.15) is 0 Å². The molecule has 6 nitrogen and oxygen atoms in total. The molecule has 1 heterocycles. The van der Waals surface area contributed by atoms with Gasteiger partial charge in [-0.15, -0.1) is 0 Å². The van der Waals surface area contributed by atoms with Crippen LogP contribution < -0.4 is 20.5 Å². The van der Waals surface area contributed by atoms with Gasteiger partial charge in [0.05, 0.1) is 19.7 Å². The van der Waals surface area contributed by atoms with E-state index in [1.807, 2.05) is 12.1 Å². The van der Waals surface area contributed by atoms with Crippen molar-refractivity contribution < 1.29 is 14.3 Å². The number of rotatable bonds is 9. The average Bonchev–Trinajstić information content (AvgIpc) is 2.98. The lowest BCUT2D eigenvalue weighted by Gasteiger charge is -2.04. The number of carbonyl (C=O) groups is 1. The summed E-state index contributed by atoms with van der Waals surface area (Å²) in [5.74, 6) is 1.62. The minimum atomic E-state index is 0.0681. The van der Waals surface area contributed by atoms with Crippen molar-refractivity contribution >= 4 is 16.8 Å². The van der Waals surface area contributed by atoms with E-state index in [-0.39, 0.29) is 5.91 Å². The highest BCUT2D eigenvalue weighted by Gasteiger charge is 2.09. The highest BCUT2D eigenvalue weighted by molar-refractivity contribution is 5.88. The first-order valence-corrected chi connectivity index (χ1v) is 7.88. The van der Waals surface area contributed by atoms with Crippen LogP contribution in [0.5, 0.6) is 11.5 Å². The number of hydrogen-bond donors (Lipinski definition) is 3. The number of nitrogens with two attached hydrogens (primary N) is 1. The van der Waals surface area contributed by atoms with E-state index in [1.165, 1.54) is 0 Å². The van der Waals surface area contributed by atoms with Gasteiger partial charge in [-0.3, -0.25) is 4.79 Å². The Morgan fingerprint density at radius 2 is 2.04 bits per heavy atom. The summed E-state index contributed by atoms with van der Waals surface area (Å²) in [6.07, 6.45) is 2.97. The van der Waals surface area contributed by atoms with E-state index in [4.69, 9.17) is 15.2 Å². The van der Waals surface area contributed by atoms with Crippen molar-refractivity contribution in [1.82, 2.24) is 10.3 Å². The maximum absolute atomic E-state index is 11.5. The van der Waals surface area contributed by atoms with Gasteiger partial charge in [0.15, 0.2) is 0 Å². The predicted molar refractivity (Wildman–Crippen MR) is 91.0 cm³/mol. The van der Waals surface area contributed by atoms with E-state index in [0.29, 0.717) is 19.5 Å². The summed E-state index contributed by atoms with van der Waals surface area (Å²) in [7, 11) is 3.29. The Bertz CT molecular complexity index is 652. The molecule has 0 radical (unpaired) electrons. The lowest BCUT2D eigenvalue weighted by Crippen LogP contribution is -2.25. The van der Waals surface area contributed by atoms with Crippen molar-refractivity contribution in [2.24, 2.45) is 5.73 Å². The van der Waals surface area contributed by atoms with Crippen molar-refractivity contribution in [2.45, 2.75) is 25.7 Å². The van der Waals surface area contributed by atoms with E-state index in [2.05, 4.69) is 16.4 Å². The lowest BCUT2D eigenvalue weighted by molar-refractivity contribution is -0.121. The first kappa shape index (κ1) is 17.1. The highest BCUT2D eigenvalue weighted by Crippen LogP contribution is 2.31. The van der Waals surface area contributed by atoms with Crippen molar-refractivity contribution in [1.29, 1.82) is 0 Å². The SMILES string of the molecule is COc1cc(OC)c2cc(CCCNC(=O)CCCN)[nH]c2c1. The van der Waals surface area contributed by atoms with Gasteiger partial charge in [-0.25, -0.2) is 0 Å². The molecule has 126 valence electrons. The molecular formula is C17H25N3O3. The maximum atomic E-state index is 11.5. The Kier molecular flexibility index (Phi) is 6.29. The van der Waals surface area contributed by atoms with Gasteiger partial charge in [0.25, 0.3) is 0 Å². The molecule has 0 aliphatic carbocycles. The van der Waals surface area contributed by atoms with Gasteiger partial charge in [0.2, 0.25) is 5.91 Å². The molecule has 0 atom stereocenters. The molecule has 4 N–H and O–H groups in total. The molecule has 1 aromatic carbocycles. The van der Waals surface area contributed by atoms with E-state index >= 15 is 0 Å². The Morgan fingerprint density at radius 1 is 1.22 bits per heavy atom. The molecule has 0 saturated carbocycles. The minimum Gasteiger partial charge on any atom is -0.497 e. The van der Waals surface area contributed by atoms with E-state index in [0.717, 1.165) is 47.4 Å². The second-order valence-electron chi connectivity index (χ2n) is 5.43. The third-order valence-electron chi connectivity index (χ3n) is 3.74. The van der Waals surface area contributed by atoms with Crippen LogP contribution in [0.2, 0.25) is 0 Å². The topological polar surface area (TPSA) is 89.4 Å². The number of H-pyrrole nitrogens is 1. The number of amides is 1. The molecule has 6 heteroatoms. The molecule has 0 saturated heterocycles. The number of fused-ring (bicyclic) bond motifs is 1. The highest BCUT2D eigenvalue weighted by atomic mass is 16.5. The van der Waals surface area contributed by atoms with Crippen molar-refractivity contribution in [3.63, 3.8) is 0 Å². The van der Waals surface area contributed by atoms with Crippen LogP contribution in [0.3, 0.4) is 0 Å². The van der Waals surface area contributed by atoms with E-state index in [1.54, 1.807) is 14.2 Å². The summed E-state index contributed by atoms with van der Waals surface area (Å²) in [6.45, 7) is 1.22. The zero-order valence-electron chi connectivity index (χ0n) is 13.8. The average molecular weight is 319 g/mol. The zero-order chi connectivity index (χ0) is 16.7. The predicted octanol–water partition coefficient (Wildman–Crippen LogP) is 1.97. The summed E-state index contributed by atoms with van der Waals surface area (Å²) < 4.78 is 10.7. The first-order valence-electron chi connectivity index (χ1n) is 7.88. The molecule has 1 amide bonds. The number of benzene rings is 1. The zero-order valence-corrected chi connectivity index (χ0v) is 13.8. The molecule has 2 rings (SSSR count). The number of carbonyl (C=O) groups excluding carboxylic acids is 1. The summed E-state index contributed by atoms with van der Waals surface area (Å²) in [6, 6.07) is 5.91. The van der Waals surface area contributed by atoms with Gasteiger partial charge < -0.3 is 25.5 Å². The number of methoxy groups -OCH3 is 2. The van der Waals surface area contributed by atoms with Crippen LogP contribution in [-0.4, -0.2) is 38.2 Å². The van der Waals surface area contributed by atoms with Crippen LogP contribution in [0, 0.1) is 0 Å². The fourth-order valence-corrected chi connectivity index (χ4v) is 2.52. The second kappa shape index (κ2) is 8.43. The third-order valence-corrected chi connectivity index (χ3v) is 3.74. The largest absolute Gasteiger partial charge is 0.497 e. The molecule has 1 aromatic heterocycles. The fraction of sp³-hybridized carbons (Fsp3) is 0.471. The molecule has 0 bridgehead atoms. The van der Waals surface area contributed by atoms with E-state index < -0.39 is 0 Å². The molecular weight excluding hydrogens is 294 g/mol. The van der Waals surface area contributed by atoms with Crippen molar-refractivity contribution in [3.05, 3.63) is 23.9 Å². The number of aromatic amines is 1. The van der Waals surface area contributed by atoms with Crippen molar-refractivity contribution in [2.75, 3.05) is 27.3 Å². The first-order chi connectivity index (χ1) is 11.2. The van der Waals surface area contributed by atoms with Crippen LogP contribution >= 0.6 is 0 Å². The third kappa shape index (κ3) is 4.63. The number of aromatic nitrogens is 1. The smallest absolute Gasteiger partial charge is 0.220 e. The minimum absolute atomic E-state index is 0.0681. The number of aryl methyl sites for hydroxylation is 1. The molecule has 0 aliphatic rings. The van der Waals surface area contributed by atoms with Crippen LogP contribution in [-0.2, 0) is 11.2 Å². The maximum Gasteiger partial charge on any atom is 0.220 e. The summed E-state index contributed by atoms with van der Waals surface area (Å²) in [4.78, 5) is 14.9. The Hall–Kier alpha value is -2.21. The standard InChI is InChI=1S/C17H25N3O3/c1-22-13-10-15-14(16(11-13)23-2)9-12(20-15)5-4-8-19-17(21)6-3-7-18/h9-11,20H,3-8,18H2,1-2H3,(H,19,21). The van der Waals surface area contributed by atoms with Crippen molar-refractivity contribution in [3.8, 4) is 11.5 Å². The Morgan fingerprint density at radius 3 is 2.74 bits per heavy atom. The quantitative estimate of drug-likeness (QED) is 0.617. The summed E-state index contributed by atoms with van der Waals surface area (Å²) in [5.41, 5.74) is 7.49. The van der Waals surface area contributed by atoms with Gasteiger partial charge in [0, 0.05) is 36.2 Å².